The zero-order valence-electron chi connectivity index (χ0n) is 10.5. The highest BCUT2D eigenvalue weighted by molar-refractivity contribution is 7.09. The van der Waals surface area contributed by atoms with E-state index in [0.717, 1.165) is 6.29 Å². The first-order valence-corrected chi connectivity index (χ1v) is 6.10. The fourth-order valence-corrected chi connectivity index (χ4v) is 1.21. The molecule has 4 heteroatoms. The van der Waals surface area contributed by atoms with Gasteiger partial charge in [0.15, 0.2) is 0 Å². The van der Waals surface area contributed by atoms with Crippen molar-refractivity contribution in [1.29, 1.82) is 0 Å². The van der Waals surface area contributed by atoms with Crippen LogP contribution in [0.3, 0.4) is 0 Å². The number of ether oxygens (including phenoxy) is 1. The molecule has 2 atom stereocenters. The van der Waals surface area contributed by atoms with Crippen LogP contribution >= 0.6 is 9.47 Å². The van der Waals surface area contributed by atoms with E-state index in [4.69, 9.17) is 9.26 Å². The summed E-state index contributed by atoms with van der Waals surface area (Å²) in [5.41, 5.74) is 1.20. The van der Waals surface area contributed by atoms with Crippen molar-refractivity contribution in [3.05, 3.63) is 35.9 Å². The largest absolute Gasteiger partial charge is 0.381 e. The number of carbonyl (C=O) groups excluding carboxylic acids is 1. The first-order valence-electron chi connectivity index (χ1n) is 5.63. The molecule has 0 aliphatic rings. The summed E-state index contributed by atoms with van der Waals surface area (Å²) in [5, 5.41) is 0. The number of hydrogen-bond acceptors (Lipinski definition) is 3. The number of carbonyl (C=O) groups is 1. The van der Waals surface area contributed by atoms with Gasteiger partial charge in [0.05, 0.1) is 13.2 Å². The molecule has 0 bridgehead atoms. The summed E-state index contributed by atoms with van der Waals surface area (Å²) in [4.78, 5) is 9.93. The minimum absolute atomic E-state index is 0.0509. The normalized spacial score (nSPS) is 11.2. The molecule has 0 fully saturated rings. The summed E-state index contributed by atoms with van der Waals surface area (Å²) in [7, 11) is 2.23. The van der Waals surface area contributed by atoms with Crippen molar-refractivity contribution in [2.75, 3.05) is 13.2 Å². The summed E-state index contributed by atoms with van der Waals surface area (Å²) in [6, 6.07) is 10.1. The average molecular weight is 256 g/mol. The van der Waals surface area contributed by atoms with Crippen LogP contribution in [-0.2, 0) is 20.7 Å². The van der Waals surface area contributed by atoms with Gasteiger partial charge < -0.3 is 14.1 Å². The van der Waals surface area contributed by atoms with E-state index in [-0.39, 0.29) is 5.92 Å². The Bertz CT molecular complexity index is 277. The van der Waals surface area contributed by atoms with Gasteiger partial charge in [-0.15, -0.1) is 0 Å². The lowest BCUT2D eigenvalue weighted by Gasteiger charge is -2.00. The maximum Gasteiger partial charge on any atom is 0.125 e. The molecule has 0 saturated heterocycles. The van der Waals surface area contributed by atoms with Gasteiger partial charge in [-0.1, -0.05) is 37.3 Å². The molecule has 0 aromatic heterocycles. The van der Waals surface area contributed by atoms with Gasteiger partial charge in [-0.05, 0) is 12.5 Å². The lowest BCUT2D eigenvalue weighted by Crippen LogP contribution is -2.05. The summed E-state index contributed by atoms with van der Waals surface area (Å²) < 4.78 is 9.80. The lowest BCUT2D eigenvalue weighted by atomic mass is 10.2. The Kier molecular flexibility index (Phi) is 11.2. The fraction of sp³-hybridized carbons (Fsp3) is 0.462. The standard InChI is InChI=1S/C7H9OP.C6H12O2/c9-8-6-7-4-2-1-3-5-7;1-3-8-5-6(2)4-7/h1-5H,6,9H2;4,6H,3,5H2,1-2H3. The van der Waals surface area contributed by atoms with Crippen LogP contribution in [0.2, 0.25) is 0 Å². The first kappa shape index (κ1) is 16.2. The predicted octanol–water partition coefficient (Wildman–Crippen LogP) is 2.85. The van der Waals surface area contributed by atoms with Gasteiger partial charge in [-0.2, -0.15) is 0 Å². The second-order valence-corrected chi connectivity index (χ2v) is 3.90. The van der Waals surface area contributed by atoms with Gasteiger partial charge in [-0.25, -0.2) is 0 Å². The third-order valence-electron chi connectivity index (χ3n) is 1.91. The molecule has 1 aromatic rings. The highest BCUT2D eigenvalue weighted by Gasteiger charge is 1.95. The van der Waals surface area contributed by atoms with Crippen LogP contribution in [0.5, 0.6) is 0 Å². The molecule has 0 heterocycles. The van der Waals surface area contributed by atoms with Crippen molar-refractivity contribution in [2.24, 2.45) is 5.92 Å². The Labute approximate surface area is 106 Å². The van der Waals surface area contributed by atoms with Crippen molar-refractivity contribution in [3.8, 4) is 0 Å². The first-order chi connectivity index (χ1) is 8.24. The van der Waals surface area contributed by atoms with Gasteiger partial charge in [0.2, 0.25) is 0 Å². The van der Waals surface area contributed by atoms with Crippen LogP contribution in [0, 0.1) is 5.92 Å². The molecule has 0 spiro atoms. The lowest BCUT2D eigenvalue weighted by molar-refractivity contribution is -0.112. The third kappa shape index (κ3) is 10.1. The Morgan fingerprint density at radius 1 is 1.35 bits per heavy atom. The molecule has 0 aliphatic carbocycles. The van der Waals surface area contributed by atoms with Gasteiger partial charge in [-0.3, -0.25) is 0 Å². The number of benzene rings is 1. The van der Waals surface area contributed by atoms with Crippen LogP contribution in [0.4, 0.5) is 0 Å². The highest BCUT2D eigenvalue weighted by Crippen LogP contribution is 2.01. The summed E-state index contributed by atoms with van der Waals surface area (Å²) in [6.45, 7) is 5.67. The maximum absolute atomic E-state index is 9.93. The van der Waals surface area contributed by atoms with Crippen molar-refractivity contribution >= 4 is 15.8 Å². The molecule has 0 aliphatic heterocycles. The van der Waals surface area contributed by atoms with E-state index in [0.29, 0.717) is 19.8 Å². The maximum atomic E-state index is 9.93. The summed E-state index contributed by atoms with van der Waals surface area (Å²) in [5.74, 6) is 0.0509. The average Bonchev–Trinajstić information content (AvgIpc) is 2.38. The van der Waals surface area contributed by atoms with E-state index in [1.54, 1.807) is 0 Å². The number of aldehydes is 1. The minimum Gasteiger partial charge on any atom is -0.381 e. The van der Waals surface area contributed by atoms with Crippen LogP contribution < -0.4 is 0 Å². The van der Waals surface area contributed by atoms with Crippen LogP contribution in [0.1, 0.15) is 19.4 Å². The number of hydrogen-bond donors (Lipinski definition) is 0. The van der Waals surface area contributed by atoms with Crippen molar-refractivity contribution in [1.82, 2.24) is 0 Å². The smallest absolute Gasteiger partial charge is 0.125 e. The monoisotopic (exact) mass is 256 g/mol. The quantitative estimate of drug-likeness (QED) is 0.580. The van der Waals surface area contributed by atoms with E-state index in [9.17, 15) is 4.79 Å². The topological polar surface area (TPSA) is 35.5 Å². The number of rotatable bonds is 6. The van der Waals surface area contributed by atoms with Crippen molar-refractivity contribution in [2.45, 2.75) is 20.5 Å². The second kappa shape index (κ2) is 11.7. The zero-order valence-corrected chi connectivity index (χ0v) is 11.6. The minimum atomic E-state index is 0.0509. The van der Waals surface area contributed by atoms with E-state index in [1.165, 1.54) is 5.56 Å². The molecule has 2 unspecified atom stereocenters. The molecule has 0 N–H and O–H groups in total. The molecular weight excluding hydrogens is 235 g/mol. The molecule has 0 amide bonds. The van der Waals surface area contributed by atoms with E-state index in [1.807, 2.05) is 44.2 Å². The van der Waals surface area contributed by atoms with E-state index in [2.05, 4.69) is 9.47 Å². The fourth-order valence-electron chi connectivity index (χ4n) is 1.01. The second-order valence-electron chi connectivity index (χ2n) is 3.57. The molecule has 1 rings (SSSR count). The molecule has 0 radical (unpaired) electrons. The Balaban J connectivity index is 0.000000304. The molecule has 3 nitrogen and oxygen atoms in total. The van der Waals surface area contributed by atoms with E-state index < -0.39 is 0 Å². The van der Waals surface area contributed by atoms with Gasteiger partial charge >= 0.3 is 0 Å². The Hall–Kier alpha value is -0.760. The molecular formula is C13H21O3P. The summed E-state index contributed by atoms with van der Waals surface area (Å²) >= 11 is 0. The Morgan fingerprint density at radius 2 is 2.00 bits per heavy atom. The molecule has 0 saturated carbocycles. The van der Waals surface area contributed by atoms with Crippen molar-refractivity contribution in [3.63, 3.8) is 0 Å². The molecule has 96 valence electrons. The molecule has 1 aromatic carbocycles. The van der Waals surface area contributed by atoms with Crippen LogP contribution in [0.25, 0.3) is 0 Å². The zero-order chi connectivity index (χ0) is 12.9. The Morgan fingerprint density at radius 3 is 2.47 bits per heavy atom. The SMILES string of the molecule is CCOCC(C)C=O.POCc1ccccc1. The van der Waals surface area contributed by atoms with Gasteiger partial charge in [0.25, 0.3) is 0 Å². The van der Waals surface area contributed by atoms with Crippen LogP contribution in [-0.4, -0.2) is 19.5 Å². The van der Waals surface area contributed by atoms with Gasteiger partial charge in [0, 0.05) is 22.0 Å². The third-order valence-corrected chi connectivity index (χ3v) is 2.08. The van der Waals surface area contributed by atoms with E-state index >= 15 is 0 Å². The van der Waals surface area contributed by atoms with Crippen LogP contribution in [0.15, 0.2) is 30.3 Å². The predicted molar refractivity (Wildman–Crippen MR) is 72.7 cm³/mol. The van der Waals surface area contributed by atoms with Gasteiger partial charge in [0.1, 0.15) is 6.29 Å². The summed E-state index contributed by atoms with van der Waals surface area (Å²) in [6.07, 6.45) is 0.898. The highest BCUT2D eigenvalue weighted by atomic mass is 31.0. The van der Waals surface area contributed by atoms with Crippen molar-refractivity contribution < 1.29 is 14.1 Å². The molecule has 17 heavy (non-hydrogen) atoms.